The first-order valence-electron chi connectivity index (χ1n) is 22.0. The molecule has 4 aliphatic carbocycles. The summed E-state index contributed by atoms with van der Waals surface area (Å²) in [5.41, 5.74) is 18.3. The summed E-state index contributed by atoms with van der Waals surface area (Å²) < 4.78 is 20.4. The molecule has 0 radical (unpaired) electrons. The van der Waals surface area contributed by atoms with E-state index in [2.05, 4.69) is 33.0 Å². The average molecular weight is 705 g/mol. The second-order valence-electron chi connectivity index (χ2n) is 17.8. The highest BCUT2D eigenvalue weighted by Gasteiger charge is 2.66. The van der Waals surface area contributed by atoms with E-state index >= 15 is 0 Å². The fourth-order valence-corrected chi connectivity index (χ4v) is 11.9. The molecule has 0 aromatic heterocycles. The number of nitrogens with two attached hydrogens (primary N) is 3. The molecule has 4 saturated carbocycles. The van der Waals surface area contributed by atoms with Crippen LogP contribution in [0.25, 0.3) is 0 Å². The highest BCUT2D eigenvalue weighted by atomic mass is 16.5. The van der Waals surface area contributed by atoms with Crippen LogP contribution >= 0.6 is 0 Å². The first kappa shape index (κ1) is 42.5. The lowest BCUT2D eigenvalue weighted by molar-refractivity contribution is -0.227. The highest BCUT2D eigenvalue weighted by Crippen LogP contribution is 2.69. The topological polar surface area (TPSA) is 118 Å². The number of ether oxygens (including phenoxy) is 3. The van der Waals surface area contributed by atoms with Crippen molar-refractivity contribution in [3.05, 3.63) is 0 Å². The average Bonchev–Trinajstić information content (AvgIpc) is 3.47. The lowest BCUT2D eigenvalue weighted by atomic mass is 9.43. The van der Waals surface area contributed by atoms with Gasteiger partial charge in [-0.05, 0) is 157 Å². The summed E-state index contributed by atoms with van der Waals surface area (Å²) in [7, 11) is 0. The number of rotatable bonds is 26. The van der Waals surface area contributed by atoms with Gasteiger partial charge in [0.05, 0.1) is 18.3 Å². The number of hydrogen-bond acceptors (Lipinski definition) is 7. The summed E-state index contributed by atoms with van der Waals surface area (Å²) in [5.74, 6) is 3.92. The van der Waals surface area contributed by atoms with Crippen LogP contribution in [0.15, 0.2) is 0 Å². The lowest BCUT2D eigenvalue weighted by Gasteiger charge is -2.65. The van der Waals surface area contributed by atoms with Crippen LogP contribution in [-0.4, -0.2) is 70.9 Å². The van der Waals surface area contributed by atoms with Crippen LogP contribution < -0.4 is 22.5 Å². The minimum atomic E-state index is 0.181. The molecule has 0 aromatic rings. The minimum absolute atomic E-state index is 0.181. The summed E-state index contributed by atoms with van der Waals surface area (Å²) in [4.78, 5) is 0. The van der Waals surface area contributed by atoms with E-state index in [0.717, 1.165) is 52.0 Å². The molecule has 7 heteroatoms. The van der Waals surface area contributed by atoms with Gasteiger partial charge < -0.3 is 36.7 Å². The van der Waals surface area contributed by atoms with Crippen molar-refractivity contribution in [1.29, 1.82) is 0 Å². The van der Waals surface area contributed by atoms with Crippen molar-refractivity contribution in [1.82, 2.24) is 5.32 Å². The van der Waals surface area contributed by atoms with Gasteiger partial charge in [-0.3, -0.25) is 0 Å². The number of nitrogens with one attached hydrogen (secondary N) is 1. The third-order valence-electron chi connectivity index (χ3n) is 14.7. The second-order valence-corrected chi connectivity index (χ2v) is 17.8. The van der Waals surface area contributed by atoms with Crippen molar-refractivity contribution >= 4 is 0 Å². The number of hydrogen-bond donors (Lipinski definition) is 4. The summed E-state index contributed by atoms with van der Waals surface area (Å²) in [6, 6.07) is 0. The Morgan fingerprint density at radius 1 is 0.680 bits per heavy atom. The van der Waals surface area contributed by atoms with Crippen LogP contribution in [0.2, 0.25) is 0 Å². The molecule has 0 aromatic carbocycles. The molecule has 4 unspecified atom stereocenters. The van der Waals surface area contributed by atoms with E-state index in [1.165, 1.54) is 109 Å². The van der Waals surface area contributed by atoms with Gasteiger partial charge >= 0.3 is 0 Å². The molecule has 0 bridgehead atoms. The van der Waals surface area contributed by atoms with Gasteiger partial charge in [0.1, 0.15) is 0 Å². The van der Waals surface area contributed by atoms with Crippen molar-refractivity contribution in [2.75, 3.05) is 52.5 Å². The molecule has 50 heavy (non-hydrogen) atoms. The van der Waals surface area contributed by atoms with Gasteiger partial charge in [-0.15, -0.1) is 0 Å². The Hall–Kier alpha value is -0.280. The molecule has 4 aliphatic rings. The molecule has 0 heterocycles. The second kappa shape index (κ2) is 22.2. The lowest BCUT2D eigenvalue weighted by Crippen LogP contribution is -2.63. The zero-order chi connectivity index (χ0) is 35.8. The Labute approximate surface area is 309 Å². The van der Waals surface area contributed by atoms with Crippen LogP contribution in [0.3, 0.4) is 0 Å². The van der Waals surface area contributed by atoms with Crippen LogP contribution in [0, 0.1) is 46.3 Å². The zero-order valence-electron chi connectivity index (χ0n) is 33.5. The zero-order valence-corrected chi connectivity index (χ0v) is 33.5. The fourth-order valence-electron chi connectivity index (χ4n) is 11.9. The van der Waals surface area contributed by atoms with Crippen LogP contribution in [-0.2, 0) is 14.2 Å². The highest BCUT2D eigenvalue weighted by molar-refractivity contribution is 5.15. The molecule has 0 spiro atoms. The van der Waals surface area contributed by atoms with E-state index < -0.39 is 0 Å². The van der Waals surface area contributed by atoms with Crippen molar-refractivity contribution in [3.63, 3.8) is 0 Å². The summed E-state index contributed by atoms with van der Waals surface area (Å²) in [5, 5.41) is 3.79. The third-order valence-corrected chi connectivity index (χ3v) is 14.7. The molecule has 11 atom stereocenters. The van der Waals surface area contributed by atoms with Crippen molar-refractivity contribution in [2.45, 2.75) is 174 Å². The maximum absolute atomic E-state index is 7.05. The SMILES string of the molecule is CCCCCCCCCCNCCC[C@@H](C)[C@H]1CC[C@H]2C3[C@H](OCCCN)CC4C[C@H](OCCCN)CCC4(C)[C@H]3C[C@H](OCCCN)C12C. The standard InChI is InChI=1S/C43H84N4O3/c1-5-6-7-8-9-10-11-12-25-47-26-13-17-33(2)36-18-19-37-41-38(32-40(43(36,37)4)50-29-16-24-46)42(3)21-20-35(48-27-14-22-44)30-34(42)31-39(41)49-28-15-23-45/h33-41,47H,5-32,44-46H2,1-4H3/t33-,34?,35-,36-,37+,38+,39-,40+,41?,42?,43?/m1/s1. The van der Waals surface area contributed by atoms with Crippen molar-refractivity contribution < 1.29 is 14.2 Å². The van der Waals surface area contributed by atoms with Gasteiger partial charge in [-0.1, -0.05) is 72.6 Å². The summed E-state index contributed by atoms with van der Waals surface area (Å²) in [6.07, 6.45) is 26.1. The molecule has 294 valence electrons. The Bertz CT molecular complexity index is 909. The molecule has 7 nitrogen and oxygen atoms in total. The number of fused-ring (bicyclic) bond motifs is 5. The third kappa shape index (κ3) is 10.9. The normalized spacial score (nSPS) is 35.8. The van der Waals surface area contributed by atoms with E-state index in [1.54, 1.807) is 0 Å². The molecule has 0 aliphatic heterocycles. The Kier molecular flexibility index (Phi) is 18.8. The quantitative estimate of drug-likeness (QED) is 0.0671. The molecular formula is C43H84N4O3. The maximum atomic E-state index is 7.05. The Balaban J connectivity index is 1.41. The minimum Gasteiger partial charge on any atom is -0.378 e. The van der Waals surface area contributed by atoms with Crippen LogP contribution in [0.1, 0.15) is 156 Å². The van der Waals surface area contributed by atoms with Gasteiger partial charge in [0, 0.05) is 25.2 Å². The predicted octanol–water partition coefficient (Wildman–Crippen LogP) is 8.21. The Morgan fingerprint density at radius 2 is 1.32 bits per heavy atom. The van der Waals surface area contributed by atoms with E-state index in [4.69, 9.17) is 31.4 Å². The molecule has 4 rings (SSSR count). The fraction of sp³-hybridized carbons (Fsp3) is 1.00. The van der Waals surface area contributed by atoms with Crippen LogP contribution in [0.5, 0.6) is 0 Å². The molecule has 7 N–H and O–H groups in total. The number of unbranched alkanes of at least 4 members (excludes halogenated alkanes) is 7. The van der Waals surface area contributed by atoms with E-state index in [-0.39, 0.29) is 5.41 Å². The molecule has 0 saturated heterocycles. The largest absolute Gasteiger partial charge is 0.378 e. The molecule has 4 fully saturated rings. The van der Waals surface area contributed by atoms with Gasteiger partial charge in [-0.2, -0.15) is 0 Å². The van der Waals surface area contributed by atoms with Gasteiger partial charge in [-0.25, -0.2) is 0 Å². The molecular weight excluding hydrogens is 620 g/mol. The van der Waals surface area contributed by atoms with Gasteiger partial charge in [0.2, 0.25) is 0 Å². The van der Waals surface area contributed by atoms with E-state index in [9.17, 15) is 0 Å². The van der Waals surface area contributed by atoms with Gasteiger partial charge in [0.25, 0.3) is 0 Å². The summed E-state index contributed by atoms with van der Waals surface area (Å²) >= 11 is 0. The summed E-state index contributed by atoms with van der Waals surface area (Å²) in [6.45, 7) is 17.0. The van der Waals surface area contributed by atoms with Gasteiger partial charge in [0.15, 0.2) is 0 Å². The predicted molar refractivity (Wildman–Crippen MR) is 210 cm³/mol. The monoisotopic (exact) mass is 705 g/mol. The Morgan fingerprint density at radius 3 is 2.02 bits per heavy atom. The molecule has 0 amide bonds. The smallest absolute Gasteiger partial charge is 0.0637 e. The van der Waals surface area contributed by atoms with Crippen molar-refractivity contribution in [2.24, 2.45) is 63.5 Å². The van der Waals surface area contributed by atoms with Crippen LogP contribution in [0.4, 0.5) is 0 Å². The first-order chi connectivity index (χ1) is 24.3. The van der Waals surface area contributed by atoms with Crippen molar-refractivity contribution in [3.8, 4) is 0 Å². The first-order valence-corrected chi connectivity index (χ1v) is 22.0. The maximum Gasteiger partial charge on any atom is 0.0637 e. The van der Waals surface area contributed by atoms with E-state index in [0.29, 0.717) is 78.9 Å². The van der Waals surface area contributed by atoms with E-state index in [1.807, 2.05) is 0 Å².